The third-order valence-electron chi connectivity index (χ3n) is 11.8. The van der Waals surface area contributed by atoms with Gasteiger partial charge in [0.2, 0.25) is 0 Å². The van der Waals surface area contributed by atoms with E-state index in [2.05, 4.69) is 9.97 Å². The molecular weight excluding hydrogens is 710 g/mol. The number of methoxy groups -OCH3 is 1. The van der Waals surface area contributed by atoms with Gasteiger partial charge in [0.05, 0.1) is 35.9 Å². The standard InChI is InChI=1S/C40H59N5O10/c1-9-33-40(5)32(45(38(50)55-40)18-11-10-17-44-23-29(42-24-44)27-13-12-16-41-22-27)20-28(46)14-15-39(4,51-8)34(21-31(47)26(3)36(49)53-33)54-37-35(48)30(43(6)7)19-25(2)52-37/h12-13,16,22-26,30,32-35,37,48H,9-11,14-15,17-21H2,1-8H3/t25-,26+,30+,32?,33+,34+,35-,37+,39+,40-/m0/s1. The monoisotopic (exact) mass is 769 g/mol. The summed E-state index contributed by atoms with van der Waals surface area (Å²) < 4.78 is 32.5. The predicted molar refractivity (Wildman–Crippen MR) is 201 cm³/mol. The fourth-order valence-electron chi connectivity index (χ4n) is 7.98. The molecule has 2 aromatic rings. The summed E-state index contributed by atoms with van der Waals surface area (Å²) in [5, 5.41) is 11.3. The van der Waals surface area contributed by atoms with E-state index < -0.39 is 65.6 Å². The van der Waals surface area contributed by atoms with Crippen molar-refractivity contribution in [1.29, 1.82) is 0 Å². The number of unbranched alkanes of at least 4 members (excludes halogenated alkanes) is 1. The molecule has 15 nitrogen and oxygen atoms in total. The van der Waals surface area contributed by atoms with E-state index in [4.69, 9.17) is 23.7 Å². The second-order valence-electron chi connectivity index (χ2n) is 15.9. The highest BCUT2D eigenvalue weighted by Gasteiger charge is 2.57. The molecule has 304 valence electrons. The predicted octanol–water partition coefficient (Wildman–Crippen LogP) is 4.19. The Morgan fingerprint density at radius 3 is 2.51 bits per heavy atom. The van der Waals surface area contributed by atoms with Gasteiger partial charge in [0.25, 0.3) is 0 Å². The van der Waals surface area contributed by atoms with Gasteiger partial charge in [-0.3, -0.25) is 19.4 Å². The van der Waals surface area contributed by atoms with Crippen molar-refractivity contribution in [1.82, 2.24) is 24.3 Å². The fraction of sp³-hybridized carbons (Fsp3) is 0.700. The van der Waals surface area contributed by atoms with Crippen molar-refractivity contribution in [2.24, 2.45) is 5.92 Å². The molecule has 3 aliphatic rings. The van der Waals surface area contributed by atoms with Crippen LogP contribution in [0.25, 0.3) is 11.3 Å². The van der Waals surface area contributed by atoms with Crippen LogP contribution in [0.2, 0.25) is 0 Å². The van der Waals surface area contributed by atoms with Crippen molar-refractivity contribution >= 4 is 23.6 Å². The number of esters is 1. The van der Waals surface area contributed by atoms with Crippen LogP contribution in [0.1, 0.15) is 86.0 Å². The minimum atomic E-state index is -1.35. The summed E-state index contributed by atoms with van der Waals surface area (Å²) in [6.07, 6.45) is 4.44. The number of nitrogens with zero attached hydrogens (tertiary/aromatic N) is 5. The molecule has 0 aromatic carbocycles. The molecule has 0 spiro atoms. The van der Waals surface area contributed by atoms with Crippen LogP contribution >= 0.6 is 0 Å². The van der Waals surface area contributed by atoms with Crippen LogP contribution in [-0.2, 0) is 44.6 Å². The molecule has 1 N–H and O–H groups in total. The lowest BCUT2D eigenvalue weighted by atomic mass is 9.82. The molecule has 0 radical (unpaired) electrons. The van der Waals surface area contributed by atoms with E-state index >= 15 is 0 Å². The lowest BCUT2D eigenvalue weighted by molar-refractivity contribution is -0.288. The van der Waals surface area contributed by atoms with Crippen molar-refractivity contribution < 1.29 is 48.0 Å². The zero-order valence-corrected chi connectivity index (χ0v) is 33.5. The van der Waals surface area contributed by atoms with Crippen molar-refractivity contribution in [3.63, 3.8) is 0 Å². The number of fused-ring (bicyclic) bond motifs is 1. The molecule has 10 atom stereocenters. The average Bonchev–Trinajstić information content (AvgIpc) is 3.73. The number of aliphatic hydroxyl groups is 1. The molecule has 1 amide bonds. The lowest BCUT2D eigenvalue weighted by Gasteiger charge is -2.45. The number of aliphatic hydroxyl groups excluding tert-OH is 1. The van der Waals surface area contributed by atoms with Gasteiger partial charge in [-0.2, -0.15) is 0 Å². The number of hydrogen-bond donors (Lipinski definition) is 1. The molecule has 2 aromatic heterocycles. The molecule has 0 bridgehead atoms. The van der Waals surface area contributed by atoms with Gasteiger partial charge < -0.3 is 43.2 Å². The zero-order valence-electron chi connectivity index (χ0n) is 33.5. The Hall–Kier alpha value is -3.76. The van der Waals surface area contributed by atoms with E-state index in [1.165, 1.54) is 14.0 Å². The van der Waals surface area contributed by atoms with Crippen LogP contribution in [-0.4, -0.2) is 135 Å². The number of amides is 1. The van der Waals surface area contributed by atoms with Crippen molar-refractivity contribution in [3.05, 3.63) is 37.1 Å². The minimum absolute atomic E-state index is 0.0431. The molecule has 1 unspecified atom stereocenters. The van der Waals surface area contributed by atoms with Gasteiger partial charge in [-0.1, -0.05) is 6.92 Å². The molecule has 0 aliphatic carbocycles. The number of carbonyl (C=O) groups excluding carboxylic acids is 4. The van der Waals surface area contributed by atoms with E-state index in [0.717, 1.165) is 17.7 Å². The summed E-state index contributed by atoms with van der Waals surface area (Å²) >= 11 is 0. The third-order valence-corrected chi connectivity index (χ3v) is 11.8. The number of ketones is 2. The zero-order chi connectivity index (χ0) is 40.1. The second kappa shape index (κ2) is 18.0. The number of pyridine rings is 1. The summed E-state index contributed by atoms with van der Waals surface area (Å²) in [5.74, 6) is -2.57. The van der Waals surface area contributed by atoms with E-state index in [1.54, 1.807) is 37.5 Å². The van der Waals surface area contributed by atoms with Gasteiger partial charge in [0.15, 0.2) is 11.9 Å². The van der Waals surface area contributed by atoms with Gasteiger partial charge in [-0.15, -0.1) is 0 Å². The Labute approximate surface area is 324 Å². The first kappa shape index (κ1) is 42.4. The molecule has 15 heteroatoms. The van der Waals surface area contributed by atoms with Crippen molar-refractivity contribution in [2.45, 2.75) is 147 Å². The first-order valence-electron chi connectivity index (χ1n) is 19.5. The fourth-order valence-corrected chi connectivity index (χ4v) is 7.98. The summed E-state index contributed by atoms with van der Waals surface area (Å²) in [6.45, 7) is 9.62. The summed E-state index contributed by atoms with van der Waals surface area (Å²) in [6, 6.07) is 2.81. The van der Waals surface area contributed by atoms with E-state index in [9.17, 15) is 24.3 Å². The molecule has 0 saturated carbocycles. The number of rotatable bonds is 11. The first-order chi connectivity index (χ1) is 26.1. The summed E-state index contributed by atoms with van der Waals surface area (Å²) in [7, 11) is 5.21. The minimum Gasteiger partial charge on any atom is -0.458 e. The quantitative estimate of drug-likeness (QED) is 0.196. The average molecular weight is 770 g/mol. The molecule has 55 heavy (non-hydrogen) atoms. The van der Waals surface area contributed by atoms with Crippen LogP contribution < -0.4 is 0 Å². The lowest BCUT2D eigenvalue weighted by Crippen LogP contribution is -2.57. The maximum Gasteiger partial charge on any atom is 0.410 e. The van der Waals surface area contributed by atoms with Gasteiger partial charge in [0, 0.05) is 69.7 Å². The van der Waals surface area contributed by atoms with Crippen LogP contribution in [0.5, 0.6) is 0 Å². The number of imidazole rings is 1. The van der Waals surface area contributed by atoms with Crippen LogP contribution in [0.4, 0.5) is 4.79 Å². The summed E-state index contributed by atoms with van der Waals surface area (Å²) in [5.41, 5.74) is -0.812. The number of carbonyl (C=O) groups is 4. The highest BCUT2D eigenvalue weighted by molar-refractivity contribution is 5.99. The number of hydrogen-bond acceptors (Lipinski definition) is 13. The Morgan fingerprint density at radius 2 is 1.84 bits per heavy atom. The number of aryl methyl sites for hydroxylation is 1. The molecule has 5 heterocycles. The smallest absolute Gasteiger partial charge is 0.410 e. The Morgan fingerprint density at radius 1 is 1.09 bits per heavy atom. The molecule has 5 rings (SSSR count). The number of Topliss-reactive ketones (excluding diaryl/α,β-unsaturated/α-hetero) is 2. The van der Waals surface area contributed by atoms with Gasteiger partial charge in [-0.25, -0.2) is 9.78 Å². The Bertz CT molecular complexity index is 1640. The maximum atomic E-state index is 14.0. The second-order valence-corrected chi connectivity index (χ2v) is 15.9. The largest absolute Gasteiger partial charge is 0.458 e. The third kappa shape index (κ3) is 9.62. The first-order valence-corrected chi connectivity index (χ1v) is 19.5. The highest BCUT2D eigenvalue weighted by Crippen LogP contribution is 2.40. The molecule has 3 aliphatic heterocycles. The molecular formula is C40H59N5O10. The van der Waals surface area contributed by atoms with Crippen LogP contribution in [0, 0.1) is 5.92 Å². The maximum absolute atomic E-state index is 14.0. The number of aromatic nitrogens is 3. The van der Waals surface area contributed by atoms with Gasteiger partial charge >= 0.3 is 12.1 Å². The van der Waals surface area contributed by atoms with Crippen molar-refractivity contribution in [2.75, 3.05) is 27.7 Å². The Balaban J connectivity index is 1.35. The van der Waals surface area contributed by atoms with Crippen molar-refractivity contribution in [3.8, 4) is 11.3 Å². The van der Waals surface area contributed by atoms with Crippen LogP contribution in [0.15, 0.2) is 37.1 Å². The molecule has 3 fully saturated rings. The van der Waals surface area contributed by atoms with Gasteiger partial charge in [-0.05, 0) is 86.0 Å². The number of ether oxygens (including phenoxy) is 5. The van der Waals surface area contributed by atoms with E-state index in [-0.39, 0.29) is 50.0 Å². The van der Waals surface area contributed by atoms with E-state index in [1.807, 2.05) is 55.7 Å². The number of cyclic esters (lactones) is 1. The number of likely N-dealkylation sites (N-methyl/N-ethyl adjacent to an activating group) is 1. The Kier molecular flexibility index (Phi) is 13.9. The SMILES string of the molecule is CC[C@H]1OC(=O)[C@H](C)C(=O)C[C@@H](O[C@H]2O[C@@H](C)C[C@@H](N(C)C)[C@@H]2O)[C@](C)(OC)CCC(=O)CC2N(CCCCn3cnc(-c4cccnc4)c3)C(=O)O[C@@]21C. The molecule has 3 saturated heterocycles. The van der Waals surface area contributed by atoms with Crippen LogP contribution in [0.3, 0.4) is 0 Å². The normalized spacial score (nSPS) is 34.0. The van der Waals surface area contributed by atoms with E-state index in [0.29, 0.717) is 25.9 Å². The highest BCUT2D eigenvalue weighted by atomic mass is 16.7. The summed E-state index contributed by atoms with van der Waals surface area (Å²) in [4.78, 5) is 67.2. The van der Waals surface area contributed by atoms with Gasteiger partial charge in [0.1, 0.15) is 29.7 Å². The topological polar surface area (TPSA) is 172 Å².